The maximum atomic E-state index is 13.0. The second-order valence-electron chi connectivity index (χ2n) is 5.78. The van der Waals surface area contributed by atoms with Crippen molar-refractivity contribution in [3.63, 3.8) is 0 Å². The van der Waals surface area contributed by atoms with Crippen LogP contribution in [0.25, 0.3) is 0 Å². The fourth-order valence-electron chi connectivity index (χ4n) is 3.31. The molecule has 2 heterocycles. The number of allylic oxidation sites excluding steroid dienone is 1. The van der Waals surface area contributed by atoms with Gasteiger partial charge in [-0.25, -0.2) is 0 Å². The fourth-order valence-corrected chi connectivity index (χ4v) is 5.31. The molecular formula is C16H17F3OS. The van der Waals surface area contributed by atoms with Crippen LogP contribution in [-0.4, -0.2) is 14.7 Å². The molecule has 2 aliphatic heterocycles. The first-order valence-electron chi connectivity index (χ1n) is 7.19. The van der Waals surface area contributed by atoms with Crippen LogP contribution in [-0.2, 0) is 23.4 Å². The van der Waals surface area contributed by atoms with Crippen LogP contribution >= 0.6 is 0 Å². The Labute approximate surface area is 124 Å². The van der Waals surface area contributed by atoms with Crippen LogP contribution in [0.1, 0.15) is 36.8 Å². The van der Waals surface area contributed by atoms with Crippen molar-refractivity contribution in [2.24, 2.45) is 0 Å². The molecule has 0 spiro atoms. The van der Waals surface area contributed by atoms with E-state index in [1.54, 1.807) is 12.1 Å². The van der Waals surface area contributed by atoms with E-state index in [1.807, 2.05) is 6.08 Å². The van der Waals surface area contributed by atoms with E-state index < -0.39 is 22.5 Å². The third-order valence-corrected chi connectivity index (χ3v) is 6.32. The Kier molecular flexibility index (Phi) is 3.95. The first-order chi connectivity index (χ1) is 9.95. The van der Waals surface area contributed by atoms with Gasteiger partial charge in [0.1, 0.15) is 0 Å². The van der Waals surface area contributed by atoms with Gasteiger partial charge in [-0.3, -0.25) is 4.21 Å². The Morgan fingerprint density at radius 3 is 2.67 bits per heavy atom. The van der Waals surface area contributed by atoms with Gasteiger partial charge in [-0.05, 0) is 37.3 Å². The number of alkyl halides is 3. The topological polar surface area (TPSA) is 17.1 Å². The van der Waals surface area contributed by atoms with Gasteiger partial charge in [0.15, 0.2) is 0 Å². The minimum Gasteiger partial charge on any atom is -0.259 e. The molecule has 0 aromatic heterocycles. The maximum Gasteiger partial charge on any atom is 0.416 e. The Hall–Kier alpha value is -1.10. The van der Waals surface area contributed by atoms with Crippen LogP contribution in [0, 0.1) is 0 Å². The summed E-state index contributed by atoms with van der Waals surface area (Å²) in [5.41, 5.74) is 0.783. The van der Waals surface area contributed by atoms with Gasteiger partial charge in [-0.2, -0.15) is 13.2 Å². The standard InChI is InChI=1S/C16H17F3OS/c17-16(18,19)15-7-2-1-4-12(15)8-11-9-13-5-3-6-14(10-11)21(13)20/h1-2,4,7,9,13-14H,3,5-6,8,10H2. The molecule has 0 radical (unpaired) electrons. The minimum atomic E-state index is -4.31. The SMILES string of the molecule is O=S1C2C=C(Cc3ccccc3C(F)(F)F)CC1CCC2. The summed E-state index contributed by atoms with van der Waals surface area (Å²) in [6, 6.07) is 5.75. The molecule has 1 fully saturated rings. The van der Waals surface area contributed by atoms with E-state index in [4.69, 9.17) is 0 Å². The molecule has 0 saturated carbocycles. The van der Waals surface area contributed by atoms with E-state index in [1.165, 1.54) is 6.07 Å². The van der Waals surface area contributed by atoms with Gasteiger partial charge in [0, 0.05) is 16.0 Å². The zero-order chi connectivity index (χ0) is 15.0. The highest BCUT2D eigenvalue weighted by molar-refractivity contribution is 7.86. The van der Waals surface area contributed by atoms with Gasteiger partial charge >= 0.3 is 6.18 Å². The van der Waals surface area contributed by atoms with Crippen LogP contribution in [0.5, 0.6) is 0 Å². The lowest BCUT2D eigenvalue weighted by molar-refractivity contribution is -0.138. The third kappa shape index (κ3) is 3.07. The molecule has 3 rings (SSSR count). The molecule has 5 heteroatoms. The normalized spacial score (nSPS) is 29.1. The molecule has 21 heavy (non-hydrogen) atoms. The average molecular weight is 314 g/mol. The average Bonchev–Trinajstić information content (AvgIpc) is 2.39. The number of halogens is 3. The predicted molar refractivity (Wildman–Crippen MR) is 77.4 cm³/mol. The highest BCUT2D eigenvalue weighted by Crippen LogP contribution is 2.37. The van der Waals surface area contributed by atoms with Crippen molar-refractivity contribution >= 4 is 10.8 Å². The van der Waals surface area contributed by atoms with Crippen molar-refractivity contribution in [1.29, 1.82) is 0 Å². The van der Waals surface area contributed by atoms with Gasteiger partial charge in [0.05, 0.1) is 10.8 Å². The summed E-state index contributed by atoms with van der Waals surface area (Å²) in [5.74, 6) is 0. The highest BCUT2D eigenvalue weighted by atomic mass is 32.2. The molecule has 3 atom stereocenters. The molecule has 1 aromatic carbocycles. The lowest BCUT2D eigenvalue weighted by Gasteiger charge is -2.33. The first-order valence-corrected chi connectivity index (χ1v) is 8.47. The molecule has 0 N–H and O–H groups in total. The second kappa shape index (κ2) is 5.59. The number of hydrogen-bond acceptors (Lipinski definition) is 1. The molecule has 3 unspecified atom stereocenters. The van der Waals surface area contributed by atoms with Gasteiger partial charge in [-0.1, -0.05) is 36.3 Å². The molecule has 1 aromatic rings. The van der Waals surface area contributed by atoms with Crippen LogP contribution in [0.2, 0.25) is 0 Å². The predicted octanol–water partition coefficient (Wildman–Crippen LogP) is 4.25. The molecule has 1 saturated heterocycles. The number of fused-ring (bicyclic) bond motifs is 2. The third-order valence-electron chi connectivity index (χ3n) is 4.29. The summed E-state index contributed by atoms with van der Waals surface area (Å²) in [6.07, 6.45) is 1.55. The lowest BCUT2D eigenvalue weighted by Crippen LogP contribution is -2.34. The maximum absolute atomic E-state index is 13.0. The molecule has 2 bridgehead atoms. The lowest BCUT2D eigenvalue weighted by atomic mass is 9.92. The molecule has 0 aliphatic carbocycles. The van der Waals surface area contributed by atoms with E-state index in [-0.39, 0.29) is 10.5 Å². The van der Waals surface area contributed by atoms with E-state index in [2.05, 4.69) is 0 Å². The Morgan fingerprint density at radius 2 is 1.95 bits per heavy atom. The second-order valence-corrected chi connectivity index (χ2v) is 7.71. The Morgan fingerprint density at radius 1 is 1.19 bits per heavy atom. The van der Waals surface area contributed by atoms with Crippen LogP contribution < -0.4 is 0 Å². The Bertz CT molecular complexity index is 591. The highest BCUT2D eigenvalue weighted by Gasteiger charge is 2.35. The first kappa shape index (κ1) is 14.8. The Balaban J connectivity index is 1.87. The van der Waals surface area contributed by atoms with Crippen molar-refractivity contribution in [3.05, 3.63) is 47.0 Å². The van der Waals surface area contributed by atoms with Gasteiger partial charge in [-0.15, -0.1) is 0 Å². The van der Waals surface area contributed by atoms with Crippen molar-refractivity contribution in [2.75, 3.05) is 0 Å². The van der Waals surface area contributed by atoms with Crippen LogP contribution in [0.4, 0.5) is 13.2 Å². The largest absolute Gasteiger partial charge is 0.416 e. The van der Waals surface area contributed by atoms with Crippen molar-refractivity contribution in [1.82, 2.24) is 0 Å². The zero-order valence-electron chi connectivity index (χ0n) is 11.5. The van der Waals surface area contributed by atoms with Crippen molar-refractivity contribution < 1.29 is 17.4 Å². The summed E-state index contributed by atoms with van der Waals surface area (Å²) >= 11 is 0. The van der Waals surface area contributed by atoms with Crippen molar-refractivity contribution in [2.45, 2.75) is 48.8 Å². The zero-order valence-corrected chi connectivity index (χ0v) is 12.3. The number of rotatable bonds is 2. The molecule has 1 nitrogen and oxygen atoms in total. The van der Waals surface area contributed by atoms with Crippen molar-refractivity contribution in [3.8, 4) is 0 Å². The van der Waals surface area contributed by atoms with E-state index >= 15 is 0 Å². The van der Waals surface area contributed by atoms with Crippen LogP contribution in [0.15, 0.2) is 35.9 Å². The summed E-state index contributed by atoms with van der Waals surface area (Å²) in [7, 11) is -0.836. The minimum absolute atomic E-state index is 0.0468. The monoisotopic (exact) mass is 314 g/mol. The van der Waals surface area contributed by atoms with E-state index in [0.29, 0.717) is 18.4 Å². The molecule has 2 aliphatic rings. The molecular weight excluding hydrogens is 297 g/mol. The summed E-state index contributed by atoms with van der Waals surface area (Å²) in [5, 5.41) is 0.187. The quantitative estimate of drug-likeness (QED) is 0.746. The van der Waals surface area contributed by atoms with Crippen LogP contribution in [0.3, 0.4) is 0 Å². The molecule has 114 valence electrons. The fraction of sp³-hybridized carbons (Fsp3) is 0.500. The van der Waals surface area contributed by atoms with Gasteiger partial charge in [0.25, 0.3) is 0 Å². The van der Waals surface area contributed by atoms with E-state index in [0.717, 1.165) is 30.9 Å². The number of benzene rings is 1. The molecule has 0 amide bonds. The summed E-state index contributed by atoms with van der Waals surface area (Å²) < 4.78 is 51.2. The van der Waals surface area contributed by atoms with Gasteiger partial charge in [0.2, 0.25) is 0 Å². The smallest absolute Gasteiger partial charge is 0.259 e. The van der Waals surface area contributed by atoms with E-state index in [9.17, 15) is 17.4 Å². The summed E-state index contributed by atoms with van der Waals surface area (Å²) in [6.45, 7) is 0. The summed E-state index contributed by atoms with van der Waals surface area (Å²) in [4.78, 5) is 0. The van der Waals surface area contributed by atoms with Gasteiger partial charge < -0.3 is 0 Å². The number of hydrogen-bond donors (Lipinski definition) is 0.